The van der Waals surface area contributed by atoms with E-state index in [9.17, 15) is 5.11 Å². The molecule has 1 N–H and O–H groups in total. The average Bonchev–Trinajstić information content (AvgIpc) is 3.31. The van der Waals surface area contributed by atoms with Crippen LogP contribution in [0.1, 0.15) is 43.2 Å². The van der Waals surface area contributed by atoms with Gasteiger partial charge in [-0.05, 0) is 74.8 Å². The number of benzene rings is 2. The molecule has 1 atom stereocenters. The zero-order valence-electron chi connectivity index (χ0n) is 18.0. The van der Waals surface area contributed by atoms with E-state index >= 15 is 0 Å². The number of hydrogen-bond acceptors (Lipinski definition) is 7. The molecule has 1 saturated heterocycles. The quantitative estimate of drug-likeness (QED) is 0.585. The summed E-state index contributed by atoms with van der Waals surface area (Å²) in [7, 11) is 1.64. The molecule has 0 aliphatic carbocycles. The van der Waals surface area contributed by atoms with Gasteiger partial charge in [-0.1, -0.05) is 17.3 Å². The Labute approximate surface area is 182 Å². The summed E-state index contributed by atoms with van der Waals surface area (Å²) in [6.07, 6.45) is 1.35. The van der Waals surface area contributed by atoms with Crippen LogP contribution in [0, 0.1) is 0 Å². The van der Waals surface area contributed by atoms with Crippen LogP contribution < -0.4 is 9.47 Å². The Kier molecular flexibility index (Phi) is 6.84. The van der Waals surface area contributed by atoms with E-state index in [1.165, 1.54) is 0 Å². The summed E-state index contributed by atoms with van der Waals surface area (Å²) >= 11 is 0. The normalized spacial score (nSPS) is 16.2. The highest BCUT2D eigenvalue weighted by Gasteiger charge is 2.26. The third-order valence-corrected chi connectivity index (χ3v) is 5.73. The van der Waals surface area contributed by atoms with Crippen LogP contribution in [-0.2, 0) is 0 Å². The van der Waals surface area contributed by atoms with Gasteiger partial charge in [0.15, 0.2) is 0 Å². The van der Waals surface area contributed by atoms with Crippen molar-refractivity contribution in [2.24, 2.45) is 0 Å². The Morgan fingerprint density at radius 1 is 1.06 bits per heavy atom. The standard InChI is InChI=1S/C24H29N3O4/c1-3-30-21-10-4-17(5-11-21)22(28)16-27-14-12-19(13-15-27)24-25-23(26-31-24)18-6-8-20(29-2)9-7-18/h4-11,19,22,28H,3,12-16H2,1-2H3/t22-/m1/s1. The summed E-state index contributed by atoms with van der Waals surface area (Å²) in [6.45, 7) is 4.98. The lowest BCUT2D eigenvalue weighted by Crippen LogP contribution is -2.36. The van der Waals surface area contributed by atoms with E-state index in [2.05, 4.69) is 15.0 Å². The van der Waals surface area contributed by atoms with Gasteiger partial charge in [-0.15, -0.1) is 0 Å². The first kappa shape index (κ1) is 21.3. The SMILES string of the molecule is CCOc1ccc([C@H](O)CN2CCC(c3nc(-c4ccc(OC)cc4)no3)CC2)cc1. The van der Waals surface area contributed by atoms with E-state index in [-0.39, 0.29) is 5.92 Å². The summed E-state index contributed by atoms with van der Waals surface area (Å²) < 4.78 is 16.2. The van der Waals surface area contributed by atoms with Gasteiger partial charge in [0.05, 0.1) is 19.8 Å². The fourth-order valence-corrected chi connectivity index (χ4v) is 3.92. The molecule has 0 saturated carbocycles. The molecule has 2 aromatic carbocycles. The minimum absolute atomic E-state index is 0.248. The molecular weight excluding hydrogens is 394 g/mol. The van der Waals surface area contributed by atoms with Crippen molar-refractivity contribution in [3.8, 4) is 22.9 Å². The van der Waals surface area contributed by atoms with Crippen molar-refractivity contribution in [1.29, 1.82) is 0 Å². The van der Waals surface area contributed by atoms with Crippen LogP contribution >= 0.6 is 0 Å². The number of rotatable bonds is 8. The van der Waals surface area contributed by atoms with Crippen molar-refractivity contribution in [2.45, 2.75) is 31.8 Å². The third-order valence-electron chi connectivity index (χ3n) is 5.73. The van der Waals surface area contributed by atoms with E-state index in [1.54, 1.807) is 7.11 Å². The first-order valence-electron chi connectivity index (χ1n) is 10.8. The van der Waals surface area contributed by atoms with Crippen LogP contribution in [0.5, 0.6) is 11.5 Å². The fraction of sp³-hybridized carbons (Fsp3) is 0.417. The maximum absolute atomic E-state index is 10.6. The van der Waals surface area contributed by atoms with Crippen LogP contribution in [0.2, 0.25) is 0 Å². The second-order valence-electron chi connectivity index (χ2n) is 7.78. The van der Waals surface area contributed by atoms with E-state index < -0.39 is 6.10 Å². The molecule has 0 radical (unpaired) electrons. The highest BCUT2D eigenvalue weighted by Crippen LogP contribution is 2.30. The predicted octanol–water partition coefficient (Wildman–Crippen LogP) is 4.06. The van der Waals surface area contributed by atoms with Crippen molar-refractivity contribution < 1.29 is 19.1 Å². The van der Waals surface area contributed by atoms with Crippen LogP contribution in [0.4, 0.5) is 0 Å². The van der Waals surface area contributed by atoms with Crippen molar-refractivity contribution in [1.82, 2.24) is 15.0 Å². The van der Waals surface area contributed by atoms with Gasteiger partial charge < -0.3 is 24.0 Å². The van der Waals surface area contributed by atoms with Gasteiger partial charge in [0, 0.05) is 18.0 Å². The number of methoxy groups -OCH3 is 1. The predicted molar refractivity (Wildman–Crippen MR) is 117 cm³/mol. The molecule has 0 spiro atoms. The van der Waals surface area contributed by atoms with E-state index in [1.807, 2.05) is 55.5 Å². The molecule has 3 aromatic rings. The van der Waals surface area contributed by atoms with Gasteiger partial charge in [0.1, 0.15) is 11.5 Å². The summed E-state index contributed by atoms with van der Waals surface area (Å²) in [6, 6.07) is 15.3. The van der Waals surface area contributed by atoms with Gasteiger partial charge in [-0.3, -0.25) is 0 Å². The molecule has 2 heterocycles. The Balaban J connectivity index is 1.30. The second kappa shape index (κ2) is 9.94. The van der Waals surface area contributed by atoms with Crippen LogP contribution in [0.3, 0.4) is 0 Å². The van der Waals surface area contributed by atoms with Crippen LogP contribution in [0.25, 0.3) is 11.4 Å². The summed E-state index contributed by atoms with van der Waals surface area (Å²) in [5.74, 6) is 3.17. The monoisotopic (exact) mass is 423 g/mol. The molecule has 0 amide bonds. The molecule has 7 nitrogen and oxygen atoms in total. The van der Waals surface area contributed by atoms with Crippen LogP contribution in [0.15, 0.2) is 53.1 Å². The van der Waals surface area contributed by atoms with Gasteiger partial charge in [-0.2, -0.15) is 4.98 Å². The van der Waals surface area contributed by atoms with Crippen LogP contribution in [-0.4, -0.2) is 53.5 Å². The Hall–Kier alpha value is -2.90. The van der Waals surface area contributed by atoms with E-state index in [0.29, 0.717) is 24.9 Å². The molecule has 1 aliphatic rings. The molecule has 4 rings (SSSR count). The number of likely N-dealkylation sites (tertiary alicyclic amines) is 1. The van der Waals surface area contributed by atoms with E-state index in [4.69, 9.17) is 14.0 Å². The largest absolute Gasteiger partial charge is 0.497 e. The zero-order valence-corrected chi connectivity index (χ0v) is 18.0. The first-order chi connectivity index (χ1) is 15.2. The smallest absolute Gasteiger partial charge is 0.230 e. The molecule has 1 aromatic heterocycles. The molecular formula is C24H29N3O4. The molecule has 7 heteroatoms. The van der Waals surface area contributed by atoms with Crippen molar-refractivity contribution in [3.05, 3.63) is 60.0 Å². The lowest BCUT2D eigenvalue weighted by atomic mass is 9.96. The molecule has 0 unspecified atom stereocenters. The number of ether oxygens (including phenoxy) is 2. The molecule has 0 bridgehead atoms. The number of β-amino-alcohol motifs (C(OH)–C–C–N with tert-alkyl or cyclic N) is 1. The first-order valence-corrected chi connectivity index (χ1v) is 10.8. The highest BCUT2D eigenvalue weighted by molar-refractivity contribution is 5.55. The summed E-state index contributed by atoms with van der Waals surface area (Å²) in [5, 5.41) is 14.8. The second-order valence-corrected chi connectivity index (χ2v) is 7.78. The number of nitrogens with zero attached hydrogens (tertiary/aromatic N) is 3. The number of aliphatic hydroxyl groups excluding tert-OH is 1. The average molecular weight is 424 g/mol. The maximum atomic E-state index is 10.6. The summed E-state index contributed by atoms with van der Waals surface area (Å²) in [5.41, 5.74) is 1.82. The number of hydrogen-bond donors (Lipinski definition) is 1. The number of aromatic nitrogens is 2. The molecule has 1 fully saturated rings. The topological polar surface area (TPSA) is 80.9 Å². The number of piperidine rings is 1. The van der Waals surface area contributed by atoms with Gasteiger partial charge >= 0.3 is 0 Å². The van der Waals surface area contributed by atoms with Crippen molar-refractivity contribution >= 4 is 0 Å². The minimum Gasteiger partial charge on any atom is -0.497 e. The molecule has 164 valence electrons. The van der Waals surface area contributed by atoms with E-state index in [0.717, 1.165) is 48.6 Å². The Morgan fingerprint density at radius 2 is 1.74 bits per heavy atom. The Bertz CT molecular complexity index is 948. The lowest BCUT2D eigenvalue weighted by Gasteiger charge is -2.31. The minimum atomic E-state index is -0.516. The van der Waals surface area contributed by atoms with Gasteiger partial charge in [-0.25, -0.2) is 0 Å². The third kappa shape index (κ3) is 5.24. The highest BCUT2D eigenvalue weighted by atomic mass is 16.5. The van der Waals surface area contributed by atoms with Gasteiger partial charge in [0.25, 0.3) is 0 Å². The molecule has 1 aliphatic heterocycles. The van der Waals surface area contributed by atoms with Gasteiger partial charge in [0.2, 0.25) is 11.7 Å². The Morgan fingerprint density at radius 3 is 2.39 bits per heavy atom. The summed E-state index contributed by atoms with van der Waals surface area (Å²) in [4.78, 5) is 6.91. The number of aliphatic hydroxyl groups is 1. The lowest BCUT2D eigenvalue weighted by molar-refractivity contribution is 0.0941. The fourth-order valence-electron chi connectivity index (χ4n) is 3.92. The van der Waals surface area contributed by atoms with Crippen molar-refractivity contribution in [2.75, 3.05) is 33.4 Å². The van der Waals surface area contributed by atoms with Crippen molar-refractivity contribution in [3.63, 3.8) is 0 Å². The zero-order chi connectivity index (χ0) is 21.6. The molecule has 31 heavy (non-hydrogen) atoms. The maximum Gasteiger partial charge on any atom is 0.230 e.